The Morgan fingerprint density at radius 3 is 2.67 bits per heavy atom. The molecule has 0 bridgehead atoms. The molecule has 1 N–H and O–H groups in total. The fourth-order valence-electron chi connectivity index (χ4n) is 3.45. The second-order valence-corrected chi connectivity index (χ2v) is 5.79. The molecule has 106 valence electrons. The van der Waals surface area contributed by atoms with Crippen molar-refractivity contribution in [1.82, 2.24) is 9.88 Å². The van der Waals surface area contributed by atoms with Gasteiger partial charge in [0.15, 0.2) is 0 Å². The number of rotatable bonds is 2. The number of hydrogen-bond acceptors (Lipinski definition) is 1. The van der Waals surface area contributed by atoms with Crippen LogP contribution in [0.2, 0.25) is 0 Å². The fourth-order valence-corrected chi connectivity index (χ4v) is 3.45. The van der Waals surface area contributed by atoms with Crippen LogP contribution in [-0.4, -0.2) is 11.1 Å². The molecule has 1 aliphatic rings. The van der Waals surface area contributed by atoms with Crippen molar-refractivity contribution in [2.45, 2.75) is 25.9 Å². The fraction of sp³-hybridized carbons (Fsp3) is 0.263. The Hall–Kier alpha value is -2.06. The van der Waals surface area contributed by atoms with Gasteiger partial charge in [0.2, 0.25) is 0 Å². The van der Waals surface area contributed by atoms with E-state index in [9.17, 15) is 0 Å². The largest absolute Gasteiger partial charge is 0.340 e. The van der Waals surface area contributed by atoms with E-state index in [0.717, 1.165) is 19.6 Å². The van der Waals surface area contributed by atoms with Crippen molar-refractivity contribution >= 4 is 10.9 Å². The zero-order valence-electron chi connectivity index (χ0n) is 12.2. The number of benzene rings is 2. The highest BCUT2D eigenvalue weighted by Gasteiger charge is 2.18. The van der Waals surface area contributed by atoms with Gasteiger partial charge in [-0.05, 0) is 36.6 Å². The second kappa shape index (κ2) is 5.38. The Balaban J connectivity index is 1.88. The van der Waals surface area contributed by atoms with Crippen molar-refractivity contribution < 1.29 is 0 Å². The minimum Gasteiger partial charge on any atom is -0.340 e. The molecule has 21 heavy (non-hydrogen) atoms. The summed E-state index contributed by atoms with van der Waals surface area (Å²) in [6.07, 6.45) is 2.39. The van der Waals surface area contributed by atoms with Gasteiger partial charge in [-0.25, -0.2) is 0 Å². The van der Waals surface area contributed by atoms with Gasteiger partial charge in [0, 0.05) is 29.7 Å². The summed E-state index contributed by atoms with van der Waals surface area (Å²) in [7, 11) is 0. The van der Waals surface area contributed by atoms with E-state index >= 15 is 0 Å². The van der Waals surface area contributed by atoms with Gasteiger partial charge in [0.25, 0.3) is 0 Å². The molecule has 2 nitrogen and oxygen atoms in total. The first-order valence-corrected chi connectivity index (χ1v) is 7.77. The number of aromatic nitrogens is 1. The highest BCUT2D eigenvalue weighted by molar-refractivity contribution is 5.85. The third-order valence-electron chi connectivity index (χ3n) is 4.45. The minimum absolute atomic E-state index is 0.969. The zero-order valence-corrected chi connectivity index (χ0v) is 12.2. The van der Waals surface area contributed by atoms with Gasteiger partial charge >= 0.3 is 0 Å². The molecular weight excluding hydrogens is 256 g/mol. The normalized spacial score (nSPS) is 14.9. The van der Waals surface area contributed by atoms with Crippen molar-refractivity contribution in [2.75, 3.05) is 6.54 Å². The summed E-state index contributed by atoms with van der Waals surface area (Å²) >= 11 is 0. The van der Waals surface area contributed by atoms with Gasteiger partial charge in [-0.15, -0.1) is 0 Å². The number of fused-ring (bicyclic) bond motifs is 3. The van der Waals surface area contributed by atoms with Crippen LogP contribution in [0, 0.1) is 0 Å². The highest BCUT2D eigenvalue weighted by atomic mass is 15.0. The van der Waals surface area contributed by atoms with Crippen LogP contribution in [0.5, 0.6) is 0 Å². The first-order valence-electron chi connectivity index (χ1n) is 7.77. The second-order valence-electron chi connectivity index (χ2n) is 5.79. The lowest BCUT2D eigenvalue weighted by molar-refractivity contribution is 0.673. The van der Waals surface area contributed by atoms with Crippen molar-refractivity contribution in [2.24, 2.45) is 0 Å². The average molecular weight is 276 g/mol. The molecule has 1 aromatic heterocycles. The summed E-state index contributed by atoms with van der Waals surface area (Å²) < 4.78 is 2.52. The Morgan fingerprint density at radius 1 is 0.952 bits per heavy atom. The van der Waals surface area contributed by atoms with Crippen LogP contribution >= 0.6 is 0 Å². The first kappa shape index (κ1) is 12.7. The van der Waals surface area contributed by atoms with Gasteiger partial charge in [-0.1, -0.05) is 48.5 Å². The van der Waals surface area contributed by atoms with Crippen LogP contribution in [0.15, 0.2) is 54.6 Å². The van der Waals surface area contributed by atoms with Crippen molar-refractivity contribution in [3.8, 4) is 0 Å². The molecule has 0 spiro atoms. The Bertz CT molecular complexity index is 756. The smallest absolute Gasteiger partial charge is 0.0489 e. The molecule has 0 saturated heterocycles. The van der Waals surface area contributed by atoms with Gasteiger partial charge < -0.3 is 9.88 Å². The van der Waals surface area contributed by atoms with Gasteiger partial charge in [0.05, 0.1) is 0 Å². The van der Waals surface area contributed by atoms with E-state index in [0.29, 0.717) is 0 Å². The molecule has 0 unspecified atom stereocenters. The molecule has 0 atom stereocenters. The Labute approximate surface area is 125 Å². The van der Waals surface area contributed by atoms with Crippen LogP contribution in [0.4, 0.5) is 0 Å². The third kappa shape index (κ3) is 2.26. The maximum absolute atomic E-state index is 3.56. The Morgan fingerprint density at radius 2 is 1.76 bits per heavy atom. The summed E-state index contributed by atoms with van der Waals surface area (Å²) in [6, 6.07) is 19.6. The van der Waals surface area contributed by atoms with Gasteiger partial charge in [-0.3, -0.25) is 0 Å². The molecule has 2 heterocycles. The predicted octanol–water partition coefficient (Wildman–Crippen LogP) is 3.73. The number of nitrogens with zero attached hydrogens (tertiary/aromatic N) is 1. The summed E-state index contributed by atoms with van der Waals surface area (Å²) in [4.78, 5) is 0. The van der Waals surface area contributed by atoms with E-state index in [1.807, 2.05) is 0 Å². The van der Waals surface area contributed by atoms with Gasteiger partial charge in [0.1, 0.15) is 0 Å². The molecule has 0 saturated carbocycles. The minimum atomic E-state index is 0.969. The molecule has 2 heteroatoms. The predicted molar refractivity (Wildman–Crippen MR) is 87.5 cm³/mol. The van der Waals surface area contributed by atoms with E-state index in [4.69, 9.17) is 0 Å². The van der Waals surface area contributed by atoms with E-state index in [2.05, 4.69) is 64.5 Å². The zero-order chi connectivity index (χ0) is 14.1. The molecular formula is C19H20N2. The van der Waals surface area contributed by atoms with Crippen molar-refractivity contribution in [3.05, 3.63) is 71.4 Å². The topological polar surface area (TPSA) is 17.0 Å². The molecule has 3 aromatic rings. The third-order valence-corrected chi connectivity index (χ3v) is 4.45. The maximum atomic E-state index is 3.56. The summed E-state index contributed by atoms with van der Waals surface area (Å²) in [5.74, 6) is 0. The molecule has 1 aliphatic heterocycles. The lowest BCUT2D eigenvalue weighted by Gasteiger charge is -2.11. The average Bonchev–Trinajstić information content (AvgIpc) is 2.69. The van der Waals surface area contributed by atoms with E-state index < -0.39 is 0 Å². The standard InChI is InChI=1S/C19H20N2/c1-2-7-15(8-3-1)14-21-18-10-5-4-9-16(18)17-13-20-12-6-11-19(17)21/h1-5,7-10,20H,6,11-14H2. The Kier molecular flexibility index (Phi) is 3.24. The lowest BCUT2D eigenvalue weighted by Crippen LogP contribution is -2.11. The quantitative estimate of drug-likeness (QED) is 0.754. The number of para-hydroxylation sites is 1. The number of hydrogen-bond donors (Lipinski definition) is 1. The molecule has 4 rings (SSSR count). The summed E-state index contributed by atoms with van der Waals surface area (Å²) in [5, 5.41) is 4.97. The SMILES string of the molecule is c1ccc(Cn2c3c(c4ccccc42)CNCCC3)cc1. The van der Waals surface area contributed by atoms with Crippen molar-refractivity contribution in [3.63, 3.8) is 0 Å². The lowest BCUT2D eigenvalue weighted by atomic mass is 10.1. The van der Waals surface area contributed by atoms with Crippen molar-refractivity contribution in [1.29, 1.82) is 0 Å². The van der Waals surface area contributed by atoms with Crippen LogP contribution in [0.25, 0.3) is 10.9 Å². The molecule has 0 amide bonds. The maximum Gasteiger partial charge on any atom is 0.0489 e. The first-order chi connectivity index (χ1) is 10.4. The molecule has 0 aliphatic carbocycles. The monoisotopic (exact) mass is 276 g/mol. The molecule has 0 radical (unpaired) electrons. The van der Waals surface area contributed by atoms with Crippen LogP contribution < -0.4 is 5.32 Å². The molecule has 2 aromatic carbocycles. The van der Waals surface area contributed by atoms with Gasteiger partial charge in [-0.2, -0.15) is 0 Å². The molecule has 0 fully saturated rings. The van der Waals surface area contributed by atoms with E-state index in [-0.39, 0.29) is 0 Å². The van der Waals surface area contributed by atoms with E-state index in [1.54, 1.807) is 0 Å². The van der Waals surface area contributed by atoms with Crippen LogP contribution in [0.1, 0.15) is 23.2 Å². The summed E-state index contributed by atoms with van der Waals surface area (Å²) in [6.45, 7) is 3.09. The van der Waals surface area contributed by atoms with Crippen LogP contribution in [-0.2, 0) is 19.5 Å². The van der Waals surface area contributed by atoms with E-state index in [1.165, 1.54) is 40.6 Å². The summed E-state index contributed by atoms with van der Waals surface area (Å²) in [5.41, 5.74) is 5.76. The number of nitrogens with one attached hydrogen (secondary N) is 1. The highest BCUT2D eigenvalue weighted by Crippen LogP contribution is 2.29. The van der Waals surface area contributed by atoms with Crippen LogP contribution in [0.3, 0.4) is 0 Å².